The average molecular weight is 360 g/mol. The summed E-state index contributed by atoms with van der Waals surface area (Å²) in [6.07, 6.45) is 0. The Morgan fingerprint density at radius 2 is 2.00 bits per heavy atom. The van der Waals surface area contributed by atoms with Gasteiger partial charge in [0.1, 0.15) is 5.82 Å². The first-order valence-electron chi connectivity index (χ1n) is 7.91. The lowest BCUT2D eigenvalue weighted by Gasteiger charge is -2.15. The minimum atomic E-state index is -2.93. The average Bonchev–Trinajstić information content (AvgIpc) is 3.07. The molecule has 2 aromatic carbocycles. The topological polar surface area (TPSA) is 72.1 Å². The maximum atomic E-state index is 12.7. The van der Waals surface area contributed by atoms with E-state index < -0.39 is 6.61 Å². The first-order valence-corrected chi connectivity index (χ1v) is 7.91. The Hall–Kier alpha value is -3.16. The van der Waals surface area contributed by atoms with Gasteiger partial charge in [-0.05, 0) is 25.1 Å². The number of rotatable bonds is 7. The zero-order chi connectivity index (χ0) is 18.5. The van der Waals surface area contributed by atoms with Gasteiger partial charge in [-0.15, -0.1) is 0 Å². The summed E-state index contributed by atoms with van der Waals surface area (Å²) in [6.45, 7) is -0.816. The number of aromatic nitrogens is 3. The van der Waals surface area contributed by atoms with Gasteiger partial charge in [-0.25, -0.2) is 4.98 Å². The van der Waals surface area contributed by atoms with E-state index in [0.29, 0.717) is 11.4 Å². The Bertz CT molecular complexity index is 883. The zero-order valence-electron chi connectivity index (χ0n) is 14.3. The third-order valence-electron chi connectivity index (χ3n) is 3.69. The fraction of sp³-hybridized carbons (Fsp3) is 0.222. The Morgan fingerprint density at radius 1 is 1.19 bits per heavy atom. The van der Waals surface area contributed by atoms with Gasteiger partial charge in [0.25, 0.3) is 0 Å². The van der Waals surface area contributed by atoms with Crippen LogP contribution in [0.3, 0.4) is 0 Å². The quantitative estimate of drug-likeness (QED) is 0.666. The standard InChI is InChI=1S/C18H18F2N4O2/c1-11-22-17(24-23-11)12-5-3-7-14(9-12)21-10-13-6-4-8-15(25-2)16(13)26-18(19)20/h3-9,18,21H,10H2,1-2H3,(H,22,23,24). The van der Waals surface area contributed by atoms with E-state index in [9.17, 15) is 8.78 Å². The minimum Gasteiger partial charge on any atom is -0.493 e. The molecule has 8 heteroatoms. The molecule has 0 saturated heterocycles. The Morgan fingerprint density at radius 3 is 2.69 bits per heavy atom. The number of hydrogen-bond donors (Lipinski definition) is 2. The normalized spacial score (nSPS) is 10.8. The Kier molecular flexibility index (Phi) is 5.31. The molecule has 0 saturated carbocycles. The van der Waals surface area contributed by atoms with E-state index in [0.717, 1.165) is 17.1 Å². The van der Waals surface area contributed by atoms with Crippen LogP contribution >= 0.6 is 0 Å². The van der Waals surface area contributed by atoms with E-state index in [1.807, 2.05) is 31.2 Å². The van der Waals surface area contributed by atoms with Gasteiger partial charge in [0, 0.05) is 23.4 Å². The van der Waals surface area contributed by atoms with Crippen molar-refractivity contribution in [3.05, 3.63) is 53.9 Å². The van der Waals surface area contributed by atoms with E-state index >= 15 is 0 Å². The van der Waals surface area contributed by atoms with Crippen molar-refractivity contribution < 1.29 is 18.3 Å². The van der Waals surface area contributed by atoms with Gasteiger partial charge in [0.05, 0.1) is 7.11 Å². The first-order chi connectivity index (χ1) is 12.6. The van der Waals surface area contributed by atoms with Crippen LogP contribution in [0.1, 0.15) is 11.4 Å². The number of alkyl halides is 2. The molecule has 0 unspecified atom stereocenters. The summed E-state index contributed by atoms with van der Waals surface area (Å²) < 4.78 is 35.2. The number of H-pyrrole nitrogens is 1. The molecule has 0 fully saturated rings. The van der Waals surface area contributed by atoms with Crippen molar-refractivity contribution in [3.63, 3.8) is 0 Å². The smallest absolute Gasteiger partial charge is 0.387 e. The summed E-state index contributed by atoms with van der Waals surface area (Å²) in [5, 5.41) is 10.1. The van der Waals surface area contributed by atoms with Crippen LogP contribution in [0, 0.1) is 6.92 Å². The molecule has 0 radical (unpaired) electrons. The van der Waals surface area contributed by atoms with Gasteiger partial charge in [-0.2, -0.15) is 13.9 Å². The minimum absolute atomic E-state index is 0.0262. The number of hydrogen-bond acceptors (Lipinski definition) is 5. The molecule has 2 N–H and O–H groups in total. The van der Waals surface area contributed by atoms with Gasteiger partial charge in [-0.3, -0.25) is 5.10 Å². The fourth-order valence-electron chi connectivity index (χ4n) is 2.52. The lowest BCUT2D eigenvalue weighted by atomic mass is 10.1. The Balaban J connectivity index is 1.79. The molecule has 0 bridgehead atoms. The van der Waals surface area contributed by atoms with Crippen LogP contribution < -0.4 is 14.8 Å². The second-order valence-electron chi connectivity index (χ2n) is 5.51. The van der Waals surface area contributed by atoms with Crippen LogP contribution in [-0.2, 0) is 6.54 Å². The van der Waals surface area contributed by atoms with Gasteiger partial charge >= 0.3 is 6.61 Å². The highest BCUT2D eigenvalue weighted by Crippen LogP contribution is 2.33. The summed E-state index contributed by atoms with van der Waals surface area (Å²) in [5.41, 5.74) is 2.20. The largest absolute Gasteiger partial charge is 0.493 e. The number of benzene rings is 2. The number of anilines is 1. The molecule has 3 rings (SSSR count). The number of methoxy groups -OCH3 is 1. The van der Waals surface area contributed by atoms with Crippen molar-refractivity contribution in [2.45, 2.75) is 20.1 Å². The molecule has 0 aliphatic rings. The molecule has 136 valence electrons. The number of aryl methyl sites for hydroxylation is 1. The Labute approximate surface area is 149 Å². The summed E-state index contributed by atoms with van der Waals surface area (Å²) in [6, 6.07) is 12.5. The third kappa shape index (κ3) is 4.08. The van der Waals surface area contributed by atoms with E-state index in [1.54, 1.807) is 18.2 Å². The van der Waals surface area contributed by atoms with Crippen molar-refractivity contribution in [3.8, 4) is 22.9 Å². The van der Waals surface area contributed by atoms with E-state index in [1.165, 1.54) is 7.11 Å². The van der Waals surface area contributed by atoms with Crippen LogP contribution in [0.25, 0.3) is 11.4 Å². The van der Waals surface area contributed by atoms with Crippen LogP contribution in [0.15, 0.2) is 42.5 Å². The molecule has 26 heavy (non-hydrogen) atoms. The molecule has 0 spiro atoms. The van der Waals surface area contributed by atoms with E-state index in [2.05, 4.69) is 25.2 Å². The predicted molar refractivity (Wildman–Crippen MR) is 93.5 cm³/mol. The first kappa shape index (κ1) is 17.7. The fourth-order valence-corrected chi connectivity index (χ4v) is 2.52. The summed E-state index contributed by atoms with van der Waals surface area (Å²) in [5.74, 6) is 1.60. The van der Waals surface area contributed by atoms with Crippen LogP contribution in [0.2, 0.25) is 0 Å². The molecule has 0 atom stereocenters. The highest BCUT2D eigenvalue weighted by atomic mass is 19.3. The van der Waals surface area contributed by atoms with Crippen LogP contribution in [-0.4, -0.2) is 28.9 Å². The number of nitrogens with one attached hydrogen (secondary N) is 2. The van der Waals surface area contributed by atoms with Crippen molar-refractivity contribution in [1.82, 2.24) is 15.2 Å². The maximum absolute atomic E-state index is 12.7. The summed E-state index contributed by atoms with van der Waals surface area (Å²) in [4.78, 5) is 4.30. The molecule has 1 aromatic heterocycles. The number of halogens is 2. The third-order valence-corrected chi connectivity index (χ3v) is 3.69. The van der Waals surface area contributed by atoms with Gasteiger partial charge in [-0.1, -0.05) is 24.3 Å². The van der Waals surface area contributed by atoms with Gasteiger partial charge in [0.15, 0.2) is 17.3 Å². The lowest BCUT2D eigenvalue weighted by Crippen LogP contribution is -2.08. The summed E-state index contributed by atoms with van der Waals surface area (Å²) >= 11 is 0. The highest BCUT2D eigenvalue weighted by molar-refractivity contribution is 5.62. The lowest BCUT2D eigenvalue weighted by molar-refractivity contribution is -0.0517. The second kappa shape index (κ2) is 7.81. The van der Waals surface area contributed by atoms with E-state index in [-0.39, 0.29) is 18.0 Å². The molecule has 3 aromatic rings. The number of ether oxygens (including phenoxy) is 2. The van der Waals surface area contributed by atoms with Crippen molar-refractivity contribution in [2.75, 3.05) is 12.4 Å². The maximum Gasteiger partial charge on any atom is 0.387 e. The van der Waals surface area contributed by atoms with Crippen molar-refractivity contribution in [1.29, 1.82) is 0 Å². The zero-order valence-corrected chi connectivity index (χ0v) is 14.3. The number of aromatic amines is 1. The van der Waals surface area contributed by atoms with Crippen LogP contribution in [0.5, 0.6) is 11.5 Å². The predicted octanol–water partition coefficient (Wildman–Crippen LogP) is 4.00. The van der Waals surface area contributed by atoms with E-state index in [4.69, 9.17) is 4.74 Å². The highest BCUT2D eigenvalue weighted by Gasteiger charge is 2.15. The van der Waals surface area contributed by atoms with Crippen molar-refractivity contribution >= 4 is 5.69 Å². The summed E-state index contributed by atoms with van der Waals surface area (Å²) in [7, 11) is 1.41. The second-order valence-corrected chi connectivity index (χ2v) is 5.51. The molecular weight excluding hydrogens is 342 g/mol. The molecule has 0 aliphatic carbocycles. The SMILES string of the molecule is COc1cccc(CNc2cccc(-c3n[nH]c(C)n3)c2)c1OC(F)F. The monoisotopic (exact) mass is 360 g/mol. The van der Waals surface area contributed by atoms with Gasteiger partial charge < -0.3 is 14.8 Å². The molecule has 0 amide bonds. The molecular formula is C18H18F2N4O2. The molecule has 0 aliphatic heterocycles. The van der Waals surface area contributed by atoms with Gasteiger partial charge in [0.2, 0.25) is 0 Å². The van der Waals surface area contributed by atoms with Crippen molar-refractivity contribution in [2.24, 2.45) is 0 Å². The molecule has 1 heterocycles. The number of para-hydroxylation sites is 1. The number of nitrogens with zero attached hydrogens (tertiary/aromatic N) is 2. The molecule has 6 nitrogen and oxygen atoms in total. The van der Waals surface area contributed by atoms with Crippen LogP contribution in [0.4, 0.5) is 14.5 Å².